The standard InChI is InChI=1S/C17H25N3O3/c1-16(2,3)10-17(4,5)20-15(23)14(22)19-12-9-7-6-8-11(12)13(18)21/h6-9H,10H2,1-5H3,(H2,18,21)(H,19,22)(H,20,23). The first-order chi connectivity index (χ1) is 10.4. The molecule has 1 aromatic carbocycles. The van der Waals surface area contributed by atoms with Crippen LogP contribution in [0.5, 0.6) is 0 Å². The van der Waals surface area contributed by atoms with Gasteiger partial charge < -0.3 is 16.4 Å². The van der Waals surface area contributed by atoms with Crippen LogP contribution in [0.15, 0.2) is 24.3 Å². The Hall–Kier alpha value is -2.37. The normalized spacial score (nSPS) is 11.7. The second-order valence-electron chi connectivity index (χ2n) is 7.44. The highest BCUT2D eigenvalue weighted by Crippen LogP contribution is 2.26. The zero-order valence-corrected chi connectivity index (χ0v) is 14.3. The fraction of sp³-hybridized carbons (Fsp3) is 0.471. The molecule has 0 saturated heterocycles. The fourth-order valence-electron chi connectivity index (χ4n) is 2.72. The van der Waals surface area contributed by atoms with Gasteiger partial charge >= 0.3 is 11.8 Å². The molecular formula is C17H25N3O3. The largest absolute Gasteiger partial charge is 0.366 e. The van der Waals surface area contributed by atoms with Crippen LogP contribution in [0.4, 0.5) is 5.69 Å². The van der Waals surface area contributed by atoms with Gasteiger partial charge in [-0.3, -0.25) is 14.4 Å². The molecule has 126 valence electrons. The maximum Gasteiger partial charge on any atom is 0.313 e. The molecule has 6 heteroatoms. The summed E-state index contributed by atoms with van der Waals surface area (Å²) in [5, 5.41) is 5.14. The number of amides is 3. The summed E-state index contributed by atoms with van der Waals surface area (Å²) in [4.78, 5) is 35.5. The van der Waals surface area contributed by atoms with Gasteiger partial charge in [-0.15, -0.1) is 0 Å². The van der Waals surface area contributed by atoms with Crippen LogP contribution in [0.1, 0.15) is 51.4 Å². The molecule has 0 spiro atoms. The van der Waals surface area contributed by atoms with Crippen molar-refractivity contribution < 1.29 is 14.4 Å². The van der Waals surface area contributed by atoms with Crippen LogP contribution < -0.4 is 16.4 Å². The molecule has 4 N–H and O–H groups in total. The third kappa shape index (κ3) is 6.10. The van der Waals surface area contributed by atoms with Gasteiger partial charge in [0.15, 0.2) is 0 Å². The molecule has 0 aliphatic carbocycles. The molecule has 0 aromatic heterocycles. The number of carbonyl (C=O) groups is 3. The van der Waals surface area contributed by atoms with E-state index in [0.29, 0.717) is 6.42 Å². The van der Waals surface area contributed by atoms with Crippen molar-refractivity contribution in [3.63, 3.8) is 0 Å². The number of anilines is 1. The highest BCUT2D eigenvalue weighted by Gasteiger charge is 2.29. The first kappa shape index (κ1) is 18.7. The van der Waals surface area contributed by atoms with Crippen LogP contribution in [0.2, 0.25) is 0 Å². The number of rotatable bonds is 4. The third-order valence-corrected chi connectivity index (χ3v) is 3.07. The number of nitrogens with two attached hydrogens (primary N) is 1. The Morgan fingerprint density at radius 2 is 1.57 bits per heavy atom. The second kappa shape index (κ2) is 6.81. The highest BCUT2D eigenvalue weighted by molar-refractivity contribution is 6.40. The smallest absolute Gasteiger partial charge is 0.313 e. The van der Waals surface area contributed by atoms with Crippen LogP contribution in [0, 0.1) is 5.41 Å². The number of primary amides is 1. The molecule has 0 saturated carbocycles. The molecule has 0 fully saturated rings. The zero-order valence-electron chi connectivity index (χ0n) is 14.3. The second-order valence-corrected chi connectivity index (χ2v) is 7.44. The summed E-state index contributed by atoms with van der Waals surface area (Å²) in [6, 6.07) is 6.27. The number of para-hydroxylation sites is 1. The third-order valence-electron chi connectivity index (χ3n) is 3.07. The van der Waals surface area contributed by atoms with Crippen molar-refractivity contribution in [1.82, 2.24) is 5.32 Å². The van der Waals surface area contributed by atoms with Crippen LogP contribution in [0.3, 0.4) is 0 Å². The Bertz CT molecular complexity index is 616. The summed E-state index contributed by atoms with van der Waals surface area (Å²) in [7, 11) is 0. The molecule has 3 amide bonds. The van der Waals surface area contributed by atoms with Gasteiger partial charge in [-0.2, -0.15) is 0 Å². The van der Waals surface area contributed by atoms with Crippen molar-refractivity contribution in [2.75, 3.05) is 5.32 Å². The Balaban J connectivity index is 2.79. The maximum absolute atomic E-state index is 12.1. The van der Waals surface area contributed by atoms with E-state index in [4.69, 9.17) is 5.73 Å². The molecule has 0 bridgehead atoms. The molecule has 0 radical (unpaired) electrons. The Kier molecular flexibility index (Phi) is 5.53. The Morgan fingerprint density at radius 3 is 2.09 bits per heavy atom. The maximum atomic E-state index is 12.1. The summed E-state index contributed by atoms with van der Waals surface area (Å²) < 4.78 is 0. The lowest BCUT2D eigenvalue weighted by Crippen LogP contribution is -2.49. The van der Waals surface area contributed by atoms with Gasteiger partial charge in [0.25, 0.3) is 5.91 Å². The van der Waals surface area contributed by atoms with Crippen LogP contribution in [-0.4, -0.2) is 23.3 Å². The predicted molar refractivity (Wildman–Crippen MR) is 89.9 cm³/mol. The van der Waals surface area contributed by atoms with Gasteiger partial charge in [0, 0.05) is 5.54 Å². The molecule has 0 unspecified atom stereocenters. The summed E-state index contributed by atoms with van der Waals surface area (Å²) in [6.07, 6.45) is 0.705. The van der Waals surface area contributed by atoms with Crippen molar-refractivity contribution >= 4 is 23.4 Å². The molecule has 1 rings (SSSR count). The lowest BCUT2D eigenvalue weighted by molar-refractivity contribution is -0.137. The van der Waals surface area contributed by atoms with Crippen LogP contribution >= 0.6 is 0 Å². The molecular weight excluding hydrogens is 294 g/mol. The SMILES string of the molecule is CC(C)(C)CC(C)(C)NC(=O)C(=O)Nc1ccccc1C(N)=O. The van der Waals surface area contributed by atoms with E-state index in [0.717, 1.165) is 0 Å². The number of nitrogens with one attached hydrogen (secondary N) is 2. The zero-order chi connectivity index (χ0) is 17.8. The van der Waals surface area contributed by atoms with Gasteiger partial charge in [-0.1, -0.05) is 32.9 Å². The van der Waals surface area contributed by atoms with Gasteiger partial charge in [0.1, 0.15) is 0 Å². The van der Waals surface area contributed by atoms with E-state index < -0.39 is 23.3 Å². The summed E-state index contributed by atoms with van der Waals surface area (Å²) in [5.41, 5.74) is 5.09. The average molecular weight is 319 g/mol. The molecule has 6 nitrogen and oxygen atoms in total. The lowest BCUT2D eigenvalue weighted by Gasteiger charge is -2.33. The lowest BCUT2D eigenvalue weighted by atomic mass is 9.82. The topological polar surface area (TPSA) is 101 Å². The van der Waals surface area contributed by atoms with Gasteiger partial charge in [-0.25, -0.2) is 0 Å². The van der Waals surface area contributed by atoms with Gasteiger partial charge in [-0.05, 0) is 37.8 Å². The Labute approximate surface area is 136 Å². The average Bonchev–Trinajstić information content (AvgIpc) is 2.35. The number of carbonyl (C=O) groups excluding carboxylic acids is 3. The van der Waals surface area contributed by atoms with Crippen LogP contribution in [0.25, 0.3) is 0 Å². The van der Waals surface area contributed by atoms with E-state index in [-0.39, 0.29) is 16.7 Å². The number of hydrogen-bond donors (Lipinski definition) is 3. The monoisotopic (exact) mass is 319 g/mol. The van der Waals surface area contributed by atoms with Crippen molar-refractivity contribution in [2.45, 2.75) is 46.6 Å². The first-order valence-electron chi connectivity index (χ1n) is 7.44. The summed E-state index contributed by atoms with van der Waals surface area (Å²) >= 11 is 0. The fourth-order valence-corrected chi connectivity index (χ4v) is 2.72. The van der Waals surface area contributed by atoms with Crippen molar-refractivity contribution in [3.05, 3.63) is 29.8 Å². The highest BCUT2D eigenvalue weighted by atomic mass is 16.2. The minimum absolute atomic E-state index is 0.00578. The van der Waals surface area contributed by atoms with E-state index in [2.05, 4.69) is 31.4 Å². The molecule has 0 heterocycles. The van der Waals surface area contributed by atoms with Crippen molar-refractivity contribution in [2.24, 2.45) is 11.1 Å². The molecule has 0 aliphatic heterocycles. The van der Waals surface area contributed by atoms with Gasteiger partial charge in [0.2, 0.25) is 0 Å². The van der Waals surface area contributed by atoms with Crippen molar-refractivity contribution in [1.29, 1.82) is 0 Å². The molecule has 23 heavy (non-hydrogen) atoms. The summed E-state index contributed by atoms with van der Waals surface area (Å²) in [5.74, 6) is -2.26. The number of hydrogen-bond acceptors (Lipinski definition) is 3. The molecule has 0 aliphatic rings. The van der Waals surface area contributed by atoms with Crippen LogP contribution in [-0.2, 0) is 9.59 Å². The minimum Gasteiger partial charge on any atom is -0.366 e. The van der Waals surface area contributed by atoms with E-state index in [1.54, 1.807) is 12.1 Å². The first-order valence-corrected chi connectivity index (χ1v) is 7.44. The quantitative estimate of drug-likeness (QED) is 0.740. The van der Waals surface area contributed by atoms with E-state index >= 15 is 0 Å². The molecule has 1 aromatic rings. The Morgan fingerprint density at radius 1 is 1.00 bits per heavy atom. The summed E-state index contributed by atoms with van der Waals surface area (Å²) in [6.45, 7) is 9.90. The minimum atomic E-state index is -0.833. The van der Waals surface area contributed by atoms with E-state index in [1.807, 2.05) is 13.8 Å². The van der Waals surface area contributed by atoms with E-state index in [9.17, 15) is 14.4 Å². The van der Waals surface area contributed by atoms with Gasteiger partial charge in [0.05, 0.1) is 11.3 Å². The predicted octanol–water partition coefficient (Wildman–Crippen LogP) is 2.06. The number of benzene rings is 1. The van der Waals surface area contributed by atoms with Crippen molar-refractivity contribution in [3.8, 4) is 0 Å². The molecule has 0 atom stereocenters. The van der Waals surface area contributed by atoms with E-state index in [1.165, 1.54) is 12.1 Å².